The van der Waals surface area contributed by atoms with Gasteiger partial charge in [-0.1, -0.05) is 37.1 Å². The number of nitrogens with one attached hydrogen (secondary N) is 3. The molecule has 3 aliphatic heterocycles. The van der Waals surface area contributed by atoms with Gasteiger partial charge in [-0.15, -0.1) is 11.3 Å². The highest BCUT2D eigenvalue weighted by Gasteiger charge is 2.47. The number of hydrogen-bond acceptors (Lipinski definition) is 10. The molecule has 0 spiro atoms. The van der Waals surface area contributed by atoms with Gasteiger partial charge < -0.3 is 29.4 Å². The van der Waals surface area contributed by atoms with E-state index in [0.717, 1.165) is 29.3 Å². The molecule has 7 atom stereocenters. The van der Waals surface area contributed by atoms with Crippen LogP contribution in [-0.2, 0) is 29.8 Å². The summed E-state index contributed by atoms with van der Waals surface area (Å²) in [6.45, 7) is 5.54. The summed E-state index contributed by atoms with van der Waals surface area (Å²) in [5, 5.41) is 16.6. The number of nitriles is 1. The van der Waals surface area contributed by atoms with E-state index >= 15 is 0 Å². The second-order valence-corrected chi connectivity index (χ2v) is 19.1. The number of benzene rings is 2. The molecule has 14 nitrogen and oxygen atoms in total. The molecule has 0 bridgehead atoms. The van der Waals surface area contributed by atoms with E-state index in [9.17, 15) is 33.8 Å². The summed E-state index contributed by atoms with van der Waals surface area (Å²) in [5.74, 6) is -1.87. The van der Waals surface area contributed by atoms with Crippen molar-refractivity contribution < 1.29 is 33.0 Å². The molecule has 2 aromatic heterocycles. The van der Waals surface area contributed by atoms with Crippen molar-refractivity contribution in [1.29, 1.82) is 5.26 Å². The summed E-state index contributed by atoms with van der Waals surface area (Å²) in [6, 6.07) is 18.9. The number of ether oxygens (including phenoxy) is 1. The molecular formula is C43H49N6O8PS. The van der Waals surface area contributed by atoms with E-state index in [1.165, 1.54) is 17.4 Å². The van der Waals surface area contributed by atoms with Gasteiger partial charge in [-0.2, -0.15) is 5.26 Å². The number of aromatic amines is 1. The molecule has 0 aliphatic carbocycles. The molecule has 0 saturated carbocycles. The first kappa shape index (κ1) is 41.9. The zero-order valence-corrected chi connectivity index (χ0v) is 35.0. The van der Waals surface area contributed by atoms with Crippen molar-refractivity contribution in [3.8, 4) is 11.8 Å². The largest absolute Gasteiger partial charge is 0.462 e. The number of rotatable bonds is 12. The molecule has 16 heteroatoms. The van der Waals surface area contributed by atoms with Gasteiger partial charge in [0.1, 0.15) is 23.9 Å². The molecule has 59 heavy (non-hydrogen) atoms. The molecule has 3 fully saturated rings. The number of nitrogens with zero attached hydrogens (tertiary/aromatic N) is 3. The van der Waals surface area contributed by atoms with E-state index in [1.807, 2.05) is 24.3 Å². The average molecular weight is 841 g/mol. The third-order valence-electron chi connectivity index (χ3n) is 11.2. The second-order valence-electron chi connectivity index (χ2n) is 15.9. The first-order valence-corrected chi connectivity index (χ1v) is 22.8. The van der Waals surface area contributed by atoms with Gasteiger partial charge in [-0.05, 0) is 99.4 Å². The molecule has 3 aliphatic rings. The highest BCUT2D eigenvalue weighted by molar-refractivity contribution is 7.56. The van der Waals surface area contributed by atoms with Gasteiger partial charge in [0.2, 0.25) is 17.4 Å². The van der Waals surface area contributed by atoms with Crippen LogP contribution >= 0.6 is 18.9 Å². The number of carbonyl (C=O) groups is 4. The fraction of sp³-hybridized carbons (Fsp3) is 0.442. The van der Waals surface area contributed by atoms with E-state index in [2.05, 4.69) is 21.5 Å². The summed E-state index contributed by atoms with van der Waals surface area (Å²) in [7, 11) is -3.72. The topological polar surface area (TPSA) is 191 Å². The third kappa shape index (κ3) is 9.62. The molecule has 0 radical (unpaired) electrons. The summed E-state index contributed by atoms with van der Waals surface area (Å²) in [6.07, 6.45) is 5.11. The summed E-state index contributed by atoms with van der Waals surface area (Å²) >= 11 is 1.27. The van der Waals surface area contributed by atoms with Crippen LogP contribution < -0.4 is 20.5 Å². The Labute approximate surface area is 346 Å². The van der Waals surface area contributed by atoms with Crippen molar-refractivity contribution in [3.05, 3.63) is 99.3 Å². The Hall–Kier alpha value is -5.29. The SMILES string of the molecule is CC(C)OC(=O)[C@H](C)NP(=O)(Cc1ccc2sc(C(=O)N[C@H]3CCCC[C@H]4CC[C@@H](C(=O)N5C[C@H](c6cc[nH]c(=O)c6)[C@@H](C#N)C5)N4C3=O)cc2c1)Oc1ccccc1. The minimum absolute atomic E-state index is 0.0523. The van der Waals surface area contributed by atoms with Crippen LogP contribution in [0.3, 0.4) is 0 Å². The molecule has 310 valence electrons. The highest BCUT2D eigenvalue weighted by Crippen LogP contribution is 2.47. The van der Waals surface area contributed by atoms with Gasteiger partial charge in [0.15, 0.2) is 0 Å². The van der Waals surface area contributed by atoms with Gasteiger partial charge in [-0.25, -0.2) is 5.09 Å². The van der Waals surface area contributed by atoms with E-state index in [0.29, 0.717) is 41.0 Å². The molecule has 3 N–H and O–H groups in total. The Bertz CT molecular complexity index is 2360. The van der Waals surface area contributed by atoms with Crippen LogP contribution in [-0.4, -0.2) is 81.8 Å². The highest BCUT2D eigenvalue weighted by atomic mass is 32.1. The monoisotopic (exact) mass is 840 g/mol. The average Bonchev–Trinajstić information content (AvgIpc) is 3.95. The number of aromatic nitrogens is 1. The number of fused-ring (bicyclic) bond motifs is 2. The maximum Gasteiger partial charge on any atom is 0.323 e. The lowest BCUT2D eigenvalue weighted by molar-refractivity contribution is -0.149. The molecular weight excluding hydrogens is 792 g/mol. The number of carbonyl (C=O) groups excluding carboxylic acids is 4. The predicted octanol–water partition coefficient (Wildman–Crippen LogP) is 6.09. The van der Waals surface area contributed by atoms with E-state index in [4.69, 9.17) is 9.26 Å². The van der Waals surface area contributed by atoms with Crippen LogP contribution in [0.15, 0.2) is 77.7 Å². The number of H-pyrrole nitrogens is 1. The van der Waals surface area contributed by atoms with E-state index in [-0.39, 0.29) is 54.7 Å². The van der Waals surface area contributed by atoms with Crippen LogP contribution in [0.25, 0.3) is 10.1 Å². The maximum absolute atomic E-state index is 14.4. The second kappa shape index (κ2) is 17.9. The molecule has 1 unspecified atom stereocenters. The number of pyridine rings is 1. The molecule has 2 aromatic carbocycles. The molecule has 7 rings (SSSR count). The Morgan fingerprint density at radius 1 is 0.983 bits per heavy atom. The number of amides is 3. The molecule has 4 aromatic rings. The number of esters is 1. The third-order valence-corrected chi connectivity index (χ3v) is 14.4. The normalized spacial score (nSPS) is 23.4. The van der Waals surface area contributed by atoms with Crippen molar-refractivity contribution >= 4 is 52.6 Å². The molecule has 3 amide bonds. The molecule has 5 heterocycles. The van der Waals surface area contributed by atoms with Crippen LogP contribution in [0.1, 0.15) is 86.0 Å². The van der Waals surface area contributed by atoms with Gasteiger partial charge in [0.05, 0.1) is 29.1 Å². The van der Waals surface area contributed by atoms with Crippen molar-refractivity contribution in [1.82, 2.24) is 25.2 Å². The number of hydrogen-bond donors (Lipinski definition) is 3. The lowest BCUT2D eigenvalue weighted by Crippen LogP contribution is -2.56. The minimum atomic E-state index is -3.72. The minimum Gasteiger partial charge on any atom is -0.462 e. The van der Waals surface area contributed by atoms with Crippen LogP contribution in [0, 0.1) is 17.2 Å². The van der Waals surface area contributed by atoms with Crippen molar-refractivity contribution in [2.24, 2.45) is 5.92 Å². The smallest absolute Gasteiger partial charge is 0.323 e. The lowest BCUT2D eigenvalue weighted by atomic mass is 9.91. The standard InChI is InChI=1S/C43H49N6O8PS/c1-26(2)56-43(54)27(3)47-58(55,57-33-10-5-4-6-11-33)25-28-13-16-37-30(19-28)20-38(59-37)40(51)46-35-12-8-7-9-32-14-15-36(49(32)41(35)52)42(53)48-23-31(22-44)34(24-48)29-17-18-45-39(50)21-29/h4-6,10-11,13,16-21,26-27,31-32,34-36H,7-9,12,14-15,23-25H2,1-3H3,(H,45,50)(H,46,51)(H,47,55)/t27-,31-,32-,34+,35-,36-,58?/m0/s1. The van der Waals surface area contributed by atoms with Crippen LogP contribution in [0.2, 0.25) is 0 Å². The lowest BCUT2D eigenvalue weighted by Gasteiger charge is -2.36. The van der Waals surface area contributed by atoms with Crippen molar-refractivity contribution in [3.63, 3.8) is 0 Å². The van der Waals surface area contributed by atoms with Crippen molar-refractivity contribution in [2.45, 2.75) is 102 Å². The number of likely N-dealkylation sites (tertiary alicyclic amines) is 1. The number of thiophene rings is 1. The summed E-state index contributed by atoms with van der Waals surface area (Å²) in [5.41, 5.74) is 1.09. The Balaban J connectivity index is 1.05. The summed E-state index contributed by atoms with van der Waals surface area (Å²) < 4.78 is 26.5. The van der Waals surface area contributed by atoms with Crippen molar-refractivity contribution in [2.75, 3.05) is 13.1 Å². The molecule has 3 saturated heterocycles. The van der Waals surface area contributed by atoms with Gasteiger partial charge in [0.25, 0.3) is 5.91 Å². The predicted molar refractivity (Wildman–Crippen MR) is 223 cm³/mol. The maximum atomic E-state index is 14.4. The first-order chi connectivity index (χ1) is 28.3. The van der Waals surface area contributed by atoms with Gasteiger partial charge in [0, 0.05) is 42.0 Å². The fourth-order valence-electron chi connectivity index (χ4n) is 8.47. The Morgan fingerprint density at radius 3 is 2.51 bits per heavy atom. The first-order valence-electron chi connectivity index (χ1n) is 20.2. The van der Waals surface area contributed by atoms with E-state index in [1.54, 1.807) is 73.2 Å². The quantitative estimate of drug-likeness (QED) is 0.111. The summed E-state index contributed by atoms with van der Waals surface area (Å²) in [4.78, 5) is 73.4. The van der Waals surface area contributed by atoms with Gasteiger partial charge >= 0.3 is 13.5 Å². The number of para-hydroxylation sites is 1. The van der Waals surface area contributed by atoms with Crippen LogP contribution in [0.4, 0.5) is 0 Å². The zero-order chi connectivity index (χ0) is 41.8. The van der Waals surface area contributed by atoms with Gasteiger partial charge in [-0.3, -0.25) is 28.5 Å². The Morgan fingerprint density at radius 2 is 1.76 bits per heavy atom. The van der Waals surface area contributed by atoms with Crippen LogP contribution in [0.5, 0.6) is 5.75 Å². The van der Waals surface area contributed by atoms with E-state index < -0.39 is 43.4 Å². The Kier molecular flexibility index (Phi) is 12.7. The fourth-order valence-corrected chi connectivity index (χ4v) is 11.5. The zero-order valence-electron chi connectivity index (χ0n) is 33.3.